The van der Waals surface area contributed by atoms with Crippen LogP contribution >= 0.6 is 0 Å². The van der Waals surface area contributed by atoms with E-state index in [1.54, 1.807) is 6.92 Å². The van der Waals surface area contributed by atoms with Gasteiger partial charge in [-0.25, -0.2) is 26.7 Å². The molecule has 1 aliphatic carbocycles. The Morgan fingerprint density at radius 2 is 1.75 bits per heavy atom. The number of hydrogen-bond donors (Lipinski definition) is 2. The number of primary sulfonamides is 1. The van der Waals surface area contributed by atoms with Gasteiger partial charge in [-0.05, 0) is 31.4 Å². The number of nitrogens with one attached hydrogen (secondary N) is 1. The van der Waals surface area contributed by atoms with Crippen LogP contribution in [0, 0.1) is 5.92 Å². The number of rotatable bonds is 6. The van der Waals surface area contributed by atoms with Crippen LogP contribution < -0.4 is 9.86 Å². The molecule has 0 heterocycles. The number of sulfonamides is 2. The normalized spacial score (nSPS) is 17.9. The zero-order valence-electron chi connectivity index (χ0n) is 11.1. The van der Waals surface area contributed by atoms with Crippen molar-refractivity contribution < 1.29 is 16.8 Å². The minimum Gasteiger partial charge on any atom is -0.225 e. The van der Waals surface area contributed by atoms with E-state index in [0.717, 1.165) is 19.3 Å². The summed E-state index contributed by atoms with van der Waals surface area (Å²) in [5.74, 6) is 0.571. The minimum absolute atomic E-state index is 0.235. The molecule has 1 saturated carbocycles. The summed E-state index contributed by atoms with van der Waals surface area (Å²) in [4.78, 5) is -0.684. The topological polar surface area (TPSA) is 106 Å². The van der Waals surface area contributed by atoms with Crippen LogP contribution in [-0.4, -0.2) is 22.9 Å². The fourth-order valence-corrected chi connectivity index (χ4v) is 4.78. The number of benzene rings is 1. The van der Waals surface area contributed by atoms with Gasteiger partial charge < -0.3 is 0 Å². The predicted molar refractivity (Wildman–Crippen MR) is 74.9 cm³/mol. The third-order valence-electron chi connectivity index (χ3n) is 3.19. The van der Waals surface area contributed by atoms with Crippen molar-refractivity contribution in [2.75, 3.05) is 0 Å². The molecule has 1 unspecified atom stereocenters. The highest BCUT2D eigenvalue weighted by Crippen LogP contribution is 2.33. The molecule has 3 N–H and O–H groups in total. The third kappa shape index (κ3) is 3.78. The molecule has 6 nitrogen and oxygen atoms in total. The van der Waals surface area contributed by atoms with Gasteiger partial charge in [0.05, 0.1) is 0 Å². The number of nitrogens with two attached hydrogens (primary N) is 1. The highest BCUT2D eigenvalue weighted by Gasteiger charge is 2.28. The first kappa shape index (κ1) is 15.4. The quantitative estimate of drug-likeness (QED) is 0.809. The van der Waals surface area contributed by atoms with Crippen molar-refractivity contribution in [1.82, 2.24) is 4.72 Å². The average Bonchev–Trinajstić information content (AvgIpc) is 3.11. The molecule has 0 aromatic heterocycles. The van der Waals surface area contributed by atoms with Crippen LogP contribution in [0.25, 0.3) is 0 Å². The highest BCUT2D eigenvalue weighted by atomic mass is 32.2. The zero-order valence-corrected chi connectivity index (χ0v) is 12.7. The van der Waals surface area contributed by atoms with E-state index < -0.39 is 20.0 Å². The van der Waals surface area contributed by atoms with Gasteiger partial charge >= 0.3 is 0 Å². The van der Waals surface area contributed by atoms with Gasteiger partial charge in [-0.2, -0.15) is 0 Å². The first-order chi connectivity index (χ1) is 9.20. The second-order valence-corrected chi connectivity index (χ2v) is 8.41. The van der Waals surface area contributed by atoms with Gasteiger partial charge in [-0.1, -0.05) is 25.0 Å². The summed E-state index contributed by atoms with van der Waals surface area (Å²) in [5, 5.41) is 5.06. The Morgan fingerprint density at radius 1 is 1.20 bits per heavy atom. The summed E-state index contributed by atoms with van der Waals surface area (Å²) in [6, 6.07) is 5.10. The van der Waals surface area contributed by atoms with Crippen LogP contribution in [0.3, 0.4) is 0 Å². The molecule has 1 aromatic carbocycles. The van der Waals surface area contributed by atoms with Crippen molar-refractivity contribution >= 4 is 20.0 Å². The molecule has 0 amide bonds. The van der Waals surface area contributed by atoms with Gasteiger partial charge in [0, 0.05) is 6.04 Å². The largest absolute Gasteiger partial charge is 0.242 e. The van der Waals surface area contributed by atoms with Gasteiger partial charge in [0.2, 0.25) is 20.0 Å². The van der Waals surface area contributed by atoms with Crippen LogP contribution in [-0.2, 0) is 20.0 Å². The Bertz CT molecular complexity index is 694. The Balaban J connectivity index is 2.29. The molecule has 1 atom stereocenters. The van der Waals surface area contributed by atoms with Gasteiger partial charge in [0.1, 0.15) is 9.79 Å². The van der Waals surface area contributed by atoms with Gasteiger partial charge in [0.25, 0.3) is 0 Å². The van der Waals surface area contributed by atoms with E-state index in [1.807, 2.05) is 0 Å². The molecular formula is C12H18N2O4S2. The van der Waals surface area contributed by atoms with E-state index in [4.69, 9.17) is 5.14 Å². The number of hydrogen-bond acceptors (Lipinski definition) is 4. The summed E-state index contributed by atoms with van der Waals surface area (Å²) in [6.45, 7) is 1.77. The first-order valence-corrected chi connectivity index (χ1v) is 9.37. The lowest BCUT2D eigenvalue weighted by molar-refractivity contribution is 0.527. The molecule has 1 fully saturated rings. The van der Waals surface area contributed by atoms with Crippen LogP contribution in [0.2, 0.25) is 0 Å². The molecule has 0 bridgehead atoms. The molecule has 112 valence electrons. The Labute approximate surface area is 119 Å². The van der Waals surface area contributed by atoms with Crippen molar-refractivity contribution in [3.05, 3.63) is 24.3 Å². The summed E-state index contributed by atoms with van der Waals surface area (Å²) >= 11 is 0. The Kier molecular flexibility index (Phi) is 4.19. The maximum atomic E-state index is 12.3. The minimum atomic E-state index is -4.08. The molecule has 1 aromatic rings. The Hall–Kier alpha value is -0.960. The van der Waals surface area contributed by atoms with E-state index >= 15 is 0 Å². The van der Waals surface area contributed by atoms with E-state index in [0.29, 0.717) is 5.92 Å². The molecule has 0 saturated heterocycles. The maximum absolute atomic E-state index is 12.3. The van der Waals surface area contributed by atoms with Crippen molar-refractivity contribution in [2.24, 2.45) is 11.1 Å². The van der Waals surface area contributed by atoms with Crippen molar-refractivity contribution in [3.63, 3.8) is 0 Å². The monoisotopic (exact) mass is 318 g/mol. The lowest BCUT2D eigenvalue weighted by Crippen LogP contribution is -2.34. The van der Waals surface area contributed by atoms with Crippen molar-refractivity contribution in [1.29, 1.82) is 0 Å². The smallest absolute Gasteiger partial charge is 0.225 e. The molecule has 0 spiro atoms. The lowest BCUT2D eigenvalue weighted by atomic mass is 10.2. The summed E-state index contributed by atoms with van der Waals surface area (Å²) in [7, 11) is -7.98. The van der Waals surface area contributed by atoms with Crippen LogP contribution in [0.4, 0.5) is 0 Å². The second kappa shape index (κ2) is 5.44. The van der Waals surface area contributed by atoms with Gasteiger partial charge in [-0.15, -0.1) is 0 Å². The highest BCUT2D eigenvalue weighted by molar-refractivity contribution is 7.92. The van der Waals surface area contributed by atoms with E-state index in [2.05, 4.69) is 4.72 Å². The Morgan fingerprint density at radius 3 is 2.25 bits per heavy atom. The molecule has 0 radical (unpaired) electrons. The average molecular weight is 318 g/mol. The zero-order chi connectivity index (χ0) is 15.0. The summed E-state index contributed by atoms with van der Waals surface area (Å²) < 4.78 is 50.0. The molecule has 2 rings (SSSR count). The molecule has 8 heteroatoms. The van der Waals surface area contributed by atoms with Crippen molar-refractivity contribution in [2.45, 2.75) is 42.0 Å². The SMILES string of the molecule is CC(CC1CC1)NS(=O)(=O)c1ccccc1S(N)(=O)=O. The van der Waals surface area contributed by atoms with Gasteiger partial charge in [0.15, 0.2) is 0 Å². The van der Waals surface area contributed by atoms with Crippen LogP contribution in [0.15, 0.2) is 34.1 Å². The molecule has 1 aliphatic rings. The van der Waals surface area contributed by atoms with Crippen LogP contribution in [0.5, 0.6) is 0 Å². The summed E-state index contributed by atoms with van der Waals surface area (Å²) in [5.41, 5.74) is 0. The van der Waals surface area contributed by atoms with E-state index in [-0.39, 0.29) is 15.8 Å². The molecule has 0 aliphatic heterocycles. The van der Waals surface area contributed by atoms with Gasteiger partial charge in [-0.3, -0.25) is 0 Å². The lowest BCUT2D eigenvalue weighted by Gasteiger charge is -2.15. The maximum Gasteiger partial charge on any atom is 0.242 e. The van der Waals surface area contributed by atoms with E-state index in [9.17, 15) is 16.8 Å². The third-order valence-corrected chi connectivity index (χ3v) is 5.93. The fourth-order valence-electron chi connectivity index (χ4n) is 2.14. The second-order valence-electron chi connectivity index (χ2n) is 5.19. The van der Waals surface area contributed by atoms with Crippen LogP contribution in [0.1, 0.15) is 26.2 Å². The molecular weight excluding hydrogens is 300 g/mol. The first-order valence-electron chi connectivity index (χ1n) is 6.34. The predicted octanol–water partition coefficient (Wildman–Crippen LogP) is 0.801. The van der Waals surface area contributed by atoms with Crippen molar-refractivity contribution in [3.8, 4) is 0 Å². The summed E-state index contributed by atoms with van der Waals surface area (Å²) in [6.07, 6.45) is 3.01. The molecule has 20 heavy (non-hydrogen) atoms. The van der Waals surface area contributed by atoms with E-state index in [1.165, 1.54) is 24.3 Å². The standard InChI is InChI=1S/C12H18N2O4S2/c1-9(8-10-6-7-10)14-20(17,18)12-5-3-2-4-11(12)19(13,15)16/h2-5,9-10,14H,6-8H2,1H3,(H2,13,15,16). The fraction of sp³-hybridized carbons (Fsp3) is 0.500.